The molecular weight excluding hydrogens is 328 g/mol. The van der Waals surface area contributed by atoms with Gasteiger partial charge in [-0.05, 0) is 73.4 Å². The Balaban J connectivity index is 2.05. The van der Waals surface area contributed by atoms with Gasteiger partial charge in [-0.25, -0.2) is 0 Å². The number of aryl methyl sites for hydroxylation is 1. The Labute approximate surface area is 135 Å². The Morgan fingerprint density at radius 1 is 1.24 bits per heavy atom. The topological polar surface area (TPSA) is 42.7 Å². The maximum Gasteiger partial charge on any atom is 0.0834 e. The van der Waals surface area contributed by atoms with E-state index >= 15 is 0 Å². The lowest BCUT2D eigenvalue weighted by Gasteiger charge is -2.06. The van der Waals surface area contributed by atoms with E-state index in [1.807, 2.05) is 18.3 Å². The summed E-state index contributed by atoms with van der Waals surface area (Å²) in [6.45, 7) is 9.24. The van der Waals surface area contributed by atoms with E-state index in [0.717, 1.165) is 41.9 Å². The van der Waals surface area contributed by atoms with E-state index in [4.69, 9.17) is 0 Å². The summed E-state index contributed by atoms with van der Waals surface area (Å²) in [7, 11) is 0. The van der Waals surface area contributed by atoms with Gasteiger partial charge in [0.05, 0.1) is 17.9 Å². The smallest absolute Gasteiger partial charge is 0.0834 e. The normalized spacial score (nSPS) is 11.0. The van der Waals surface area contributed by atoms with Gasteiger partial charge in [0.15, 0.2) is 0 Å². The van der Waals surface area contributed by atoms with E-state index < -0.39 is 0 Å². The maximum atomic E-state index is 4.66. The highest BCUT2D eigenvalue weighted by atomic mass is 79.9. The highest BCUT2D eigenvalue weighted by Crippen LogP contribution is 2.15. The third-order valence-corrected chi connectivity index (χ3v) is 4.08. The van der Waals surface area contributed by atoms with E-state index in [1.165, 1.54) is 17.7 Å². The van der Waals surface area contributed by atoms with Crippen molar-refractivity contribution in [2.24, 2.45) is 0 Å². The van der Waals surface area contributed by atoms with Crippen molar-refractivity contribution in [1.82, 2.24) is 20.1 Å². The molecule has 2 rings (SSSR count). The molecule has 0 amide bonds. The number of hydrogen-bond acceptors (Lipinski definition) is 3. The number of rotatable bonds is 7. The predicted molar refractivity (Wildman–Crippen MR) is 89.6 cm³/mol. The zero-order valence-corrected chi connectivity index (χ0v) is 14.6. The first kappa shape index (κ1) is 16.2. The van der Waals surface area contributed by atoms with Crippen molar-refractivity contribution in [3.8, 4) is 0 Å². The predicted octanol–water partition coefficient (Wildman–Crippen LogP) is 3.25. The van der Waals surface area contributed by atoms with Crippen LogP contribution in [0.15, 0.2) is 22.8 Å². The van der Waals surface area contributed by atoms with Crippen molar-refractivity contribution in [3.05, 3.63) is 45.4 Å². The number of pyridine rings is 1. The van der Waals surface area contributed by atoms with Gasteiger partial charge < -0.3 is 5.32 Å². The molecule has 5 heteroatoms. The van der Waals surface area contributed by atoms with Gasteiger partial charge in [-0.2, -0.15) is 5.10 Å². The molecule has 0 unspecified atom stereocenters. The van der Waals surface area contributed by atoms with Crippen LogP contribution in [0.2, 0.25) is 0 Å². The molecule has 1 N–H and O–H groups in total. The van der Waals surface area contributed by atoms with Gasteiger partial charge in [0.2, 0.25) is 0 Å². The highest BCUT2D eigenvalue weighted by Gasteiger charge is 2.11. The van der Waals surface area contributed by atoms with Crippen LogP contribution in [0, 0.1) is 13.8 Å². The van der Waals surface area contributed by atoms with E-state index in [0.29, 0.717) is 0 Å². The Bertz CT molecular complexity index is 575. The van der Waals surface area contributed by atoms with Crippen LogP contribution in [-0.4, -0.2) is 27.9 Å². The molecule has 0 aliphatic carbocycles. The van der Waals surface area contributed by atoms with Crippen LogP contribution in [0.5, 0.6) is 0 Å². The van der Waals surface area contributed by atoms with Crippen LogP contribution in [-0.2, 0) is 13.0 Å². The summed E-state index contributed by atoms with van der Waals surface area (Å²) in [5.74, 6) is 0. The van der Waals surface area contributed by atoms with E-state index in [-0.39, 0.29) is 0 Å². The Morgan fingerprint density at radius 2 is 2.05 bits per heavy atom. The number of aromatic nitrogens is 3. The minimum atomic E-state index is 0.725. The summed E-state index contributed by atoms with van der Waals surface area (Å²) in [5.41, 5.74) is 4.76. The largest absolute Gasteiger partial charge is 0.316 e. The van der Waals surface area contributed by atoms with Gasteiger partial charge in [-0.3, -0.25) is 9.67 Å². The standard InChI is InChI=1S/C16H23BrN4/c1-4-8-18-9-7-16-12(2)20-21(13(16)3)11-15-6-5-14(17)10-19-15/h5-6,10,18H,4,7-9,11H2,1-3H3. The lowest BCUT2D eigenvalue weighted by molar-refractivity contribution is 0.643. The molecule has 0 saturated heterocycles. The quantitative estimate of drug-likeness (QED) is 0.779. The first-order valence-corrected chi connectivity index (χ1v) is 8.25. The zero-order chi connectivity index (χ0) is 15.2. The molecular formula is C16H23BrN4. The molecule has 0 aromatic carbocycles. The minimum absolute atomic E-state index is 0.725. The van der Waals surface area contributed by atoms with Crippen LogP contribution >= 0.6 is 15.9 Å². The average Bonchev–Trinajstić information content (AvgIpc) is 2.73. The molecule has 0 atom stereocenters. The van der Waals surface area contributed by atoms with E-state index in [1.54, 1.807) is 0 Å². The van der Waals surface area contributed by atoms with Crippen molar-refractivity contribution in [2.75, 3.05) is 13.1 Å². The molecule has 2 aromatic heterocycles. The second-order valence-electron chi connectivity index (χ2n) is 5.27. The molecule has 2 aromatic rings. The van der Waals surface area contributed by atoms with E-state index in [9.17, 15) is 0 Å². The molecule has 0 saturated carbocycles. The van der Waals surface area contributed by atoms with Crippen molar-refractivity contribution in [2.45, 2.75) is 40.2 Å². The fourth-order valence-corrected chi connectivity index (χ4v) is 2.65. The summed E-state index contributed by atoms with van der Waals surface area (Å²) in [5, 5.41) is 8.11. The summed E-state index contributed by atoms with van der Waals surface area (Å²) in [6, 6.07) is 4.05. The first-order valence-electron chi connectivity index (χ1n) is 7.45. The van der Waals surface area contributed by atoms with Crippen molar-refractivity contribution in [1.29, 1.82) is 0 Å². The lowest BCUT2D eigenvalue weighted by atomic mass is 10.1. The Kier molecular flexibility index (Phi) is 5.94. The van der Waals surface area contributed by atoms with Crippen molar-refractivity contribution in [3.63, 3.8) is 0 Å². The van der Waals surface area contributed by atoms with Gasteiger partial charge in [0.25, 0.3) is 0 Å². The summed E-state index contributed by atoms with van der Waals surface area (Å²) in [6.07, 6.45) is 4.04. The van der Waals surface area contributed by atoms with Crippen LogP contribution in [0.4, 0.5) is 0 Å². The van der Waals surface area contributed by atoms with Crippen LogP contribution in [0.1, 0.15) is 36.0 Å². The van der Waals surface area contributed by atoms with Crippen molar-refractivity contribution < 1.29 is 0 Å². The minimum Gasteiger partial charge on any atom is -0.316 e. The molecule has 21 heavy (non-hydrogen) atoms. The van der Waals surface area contributed by atoms with Crippen LogP contribution in [0.25, 0.3) is 0 Å². The lowest BCUT2D eigenvalue weighted by Crippen LogP contribution is -2.18. The first-order chi connectivity index (χ1) is 10.1. The number of halogens is 1. The third-order valence-electron chi connectivity index (χ3n) is 3.61. The molecule has 114 valence electrons. The molecule has 0 fully saturated rings. The molecule has 0 aliphatic rings. The van der Waals surface area contributed by atoms with Crippen LogP contribution < -0.4 is 5.32 Å². The second-order valence-corrected chi connectivity index (χ2v) is 6.19. The number of nitrogens with zero attached hydrogens (tertiary/aromatic N) is 3. The summed E-state index contributed by atoms with van der Waals surface area (Å²) < 4.78 is 3.06. The molecule has 4 nitrogen and oxygen atoms in total. The molecule has 2 heterocycles. The van der Waals surface area contributed by atoms with Gasteiger partial charge in [0, 0.05) is 16.4 Å². The summed E-state index contributed by atoms with van der Waals surface area (Å²) >= 11 is 3.41. The Hall–Kier alpha value is -1.20. The SMILES string of the molecule is CCCNCCc1c(C)nn(Cc2ccc(Br)cn2)c1C. The molecule has 0 spiro atoms. The van der Waals surface area contributed by atoms with Crippen molar-refractivity contribution >= 4 is 15.9 Å². The second kappa shape index (κ2) is 7.71. The fraction of sp³-hybridized carbons (Fsp3) is 0.500. The summed E-state index contributed by atoms with van der Waals surface area (Å²) in [4.78, 5) is 4.42. The van der Waals surface area contributed by atoms with Crippen LogP contribution in [0.3, 0.4) is 0 Å². The number of hydrogen-bond donors (Lipinski definition) is 1. The monoisotopic (exact) mass is 350 g/mol. The fourth-order valence-electron chi connectivity index (χ4n) is 2.42. The van der Waals surface area contributed by atoms with Gasteiger partial charge in [0.1, 0.15) is 0 Å². The molecule has 0 radical (unpaired) electrons. The van der Waals surface area contributed by atoms with Gasteiger partial charge in [-0.15, -0.1) is 0 Å². The highest BCUT2D eigenvalue weighted by molar-refractivity contribution is 9.10. The average molecular weight is 351 g/mol. The zero-order valence-electron chi connectivity index (χ0n) is 13.0. The number of nitrogens with one attached hydrogen (secondary N) is 1. The molecule has 0 aliphatic heterocycles. The van der Waals surface area contributed by atoms with Gasteiger partial charge in [-0.1, -0.05) is 6.92 Å². The molecule has 0 bridgehead atoms. The Morgan fingerprint density at radius 3 is 2.71 bits per heavy atom. The maximum absolute atomic E-state index is 4.66. The van der Waals surface area contributed by atoms with Gasteiger partial charge >= 0.3 is 0 Å². The van der Waals surface area contributed by atoms with E-state index in [2.05, 4.69) is 56.8 Å². The third kappa shape index (κ3) is 4.38.